The molecule has 0 rings (SSSR count). The van der Waals surface area contributed by atoms with Gasteiger partial charge in [0, 0.05) is 6.54 Å². The van der Waals surface area contributed by atoms with E-state index >= 15 is 0 Å². The van der Waals surface area contributed by atoms with Gasteiger partial charge in [-0.1, -0.05) is 6.92 Å². The number of carbonyl (C=O) groups excluding carboxylic acids is 1. The first kappa shape index (κ1) is 13.9. The second-order valence-corrected chi connectivity index (χ2v) is 4.79. The fraction of sp³-hybridized carbons (Fsp3) is 0.750. The van der Waals surface area contributed by atoms with E-state index in [1.807, 2.05) is 0 Å². The zero-order valence-corrected chi connectivity index (χ0v) is 9.60. The third-order valence-corrected chi connectivity index (χ3v) is 3.43. The van der Waals surface area contributed by atoms with Crippen molar-refractivity contribution in [2.45, 2.75) is 25.5 Å². The number of amides is 1. The lowest BCUT2D eigenvalue weighted by molar-refractivity contribution is -0.119. The van der Waals surface area contributed by atoms with Crippen LogP contribution in [0, 0.1) is 11.3 Å². The fourth-order valence-corrected chi connectivity index (χ4v) is 2.02. The predicted molar refractivity (Wildman–Crippen MR) is 55.3 cm³/mol. The quantitative estimate of drug-likeness (QED) is 0.636. The molecule has 0 saturated heterocycles. The summed E-state index contributed by atoms with van der Waals surface area (Å²) in [5.41, 5.74) is 0. The maximum absolute atomic E-state index is 11.4. The van der Waals surface area contributed by atoms with Crippen LogP contribution in [0.15, 0.2) is 0 Å². The molecule has 0 aromatic carbocycles. The molecule has 2 N–H and O–H groups in total. The maximum atomic E-state index is 11.4. The predicted octanol–water partition coefficient (Wildman–Crippen LogP) is -0.656. The molecule has 6 nitrogen and oxygen atoms in total. The van der Waals surface area contributed by atoms with Crippen LogP contribution in [0.1, 0.15) is 20.3 Å². The molecule has 1 amide bonds. The van der Waals surface area contributed by atoms with Gasteiger partial charge in [-0.3, -0.25) is 4.79 Å². The molecular weight excluding hydrogens is 218 g/mol. The Morgan fingerprint density at radius 3 is 2.47 bits per heavy atom. The Kier molecular flexibility index (Phi) is 5.89. The Balaban J connectivity index is 4.29. The molecule has 0 bridgehead atoms. The van der Waals surface area contributed by atoms with E-state index in [4.69, 9.17) is 5.26 Å². The first-order chi connectivity index (χ1) is 6.97. The molecule has 0 radical (unpaired) electrons. The van der Waals surface area contributed by atoms with E-state index in [9.17, 15) is 13.2 Å². The van der Waals surface area contributed by atoms with E-state index in [1.54, 1.807) is 19.9 Å². The van der Waals surface area contributed by atoms with Gasteiger partial charge in [0.05, 0.1) is 12.6 Å². The summed E-state index contributed by atoms with van der Waals surface area (Å²) in [6, 6.07) is 1.67. The molecule has 0 aromatic rings. The molecule has 86 valence electrons. The number of hydrogen-bond donors (Lipinski definition) is 2. The van der Waals surface area contributed by atoms with E-state index in [2.05, 4.69) is 10.0 Å². The number of nitrogens with one attached hydrogen (secondary N) is 2. The summed E-state index contributed by atoms with van der Waals surface area (Å²) >= 11 is 0. The molecule has 0 spiro atoms. The van der Waals surface area contributed by atoms with E-state index < -0.39 is 21.2 Å². The molecule has 0 aliphatic carbocycles. The SMILES string of the molecule is CCNC(=O)CNS(=O)(=O)C(C#N)CC. The van der Waals surface area contributed by atoms with Gasteiger partial charge >= 0.3 is 0 Å². The fourth-order valence-electron chi connectivity index (χ4n) is 0.906. The van der Waals surface area contributed by atoms with Gasteiger partial charge < -0.3 is 5.32 Å². The number of nitriles is 1. The molecule has 1 atom stereocenters. The van der Waals surface area contributed by atoms with Crippen molar-refractivity contribution in [1.82, 2.24) is 10.0 Å². The van der Waals surface area contributed by atoms with Crippen LogP contribution in [-0.2, 0) is 14.8 Å². The summed E-state index contributed by atoms with van der Waals surface area (Å²) in [5.74, 6) is -0.408. The maximum Gasteiger partial charge on any atom is 0.235 e. The van der Waals surface area contributed by atoms with Crippen LogP contribution < -0.4 is 10.0 Å². The number of sulfonamides is 1. The Bertz CT molecular complexity index is 345. The molecule has 0 fully saturated rings. The van der Waals surface area contributed by atoms with Crippen molar-refractivity contribution >= 4 is 15.9 Å². The highest BCUT2D eigenvalue weighted by Crippen LogP contribution is 2.01. The Morgan fingerprint density at radius 2 is 2.07 bits per heavy atom. The first-order valence-electron chi connectivity index (χ1n) is 4.62. The van der Waals surface area contributed by atoms with E-state index in [-0.39, 0.29) is 13.0 Å². The summed E-state index contributed by atoms with van der Waals surface area (Å²) in [6.45, 7) is 3.44. The second kappa shape index (κ2) is 6.37. The van der Waals surface area contributed by atoms with Crippen LogP contribution in [0.2, 0.25) is 0 Å². The minimum Gasteiger partial charge on any atom is -0.355 e. The topological polar surface area (TPSA) is 99.1 Å². The van der Waals surface area contributed by atoms with Crippen molar-refractivity contribution in [3.8, 4) is 6.07 Å². The third kappa shape index (κ3) is 4.76. The van der Waals surface area contributed by atoms with Gasteiger partial charge in [-0.15, -0.1) is 0 Å². The van der Waals surface area contributed by atoms with Crippen molar-refractivity contribution in [1.29, 1.82) is 5.26 Å². The van der Waals surface area contributed by atoms with Crippen molar-refractivity contribution in [2.75, 3.05) is 13.1 Å². The summed E-state index contributed by atoms with van der Waals surface area (Å²) in [5, 5.41) is 9.90. The number of likely N-dealkylation sites (N-methyl/N-ethyl adjacent to an activating group) is 1. The van der Waals surface area contributed by atoms with Crippen LogP contribution >= 0.6 is 0 Å². The van der Waals surface area contributed by atoms with Gasteiger partial charge in [0.1, 0.15) is 0 Å². The first-order valence-corrected chi connectivity index (χ1v) is 6.17. The van der Waals surface area contributed by atoms with Crippen molar-refractivity contribution in [3.63, 3.8) is 0 Å². The van der Waals surface area contributed by atoms with Gasteiger partial charge in [0.2, 0.25) is 15.9 Å². The summed E-state index contributed by atoms with van der Waals surface area (Å²) in [6.07, 6.45) is 0.196. The minimum atomic E-state index is -3.71. The van der Waals surface area contributed by atoms with Gasteiger partial charge in [-0.2, -0.15) is 5.26 Å². The molecule has 15 heavy (non-hydrogen) atoms. The second-order valence-electron chi connectivity index (χ2n) is 2.85. The summed E-state index contributed by atoms with van der Waals surface area (Å²) in [4.78, 5) is 11.0. The zero-order valence-electron chi connectivity index (χ0n) is 8.78. The molecule has 0 aliphatic rings. The van der Waals surface area contributed by atoms with Crippen LogP contribution in [0.4, 0.5) is 0 Å². The Morgan fingerprint density at radius 1 is 1.47 bits per heavy atom. The lowest BCUT2D eigenvalue weighted by Crippen LogP contribution is -2.40. The Hall–Kier alpha value is -1.13. The zero-order chi connectivity index (χ0) is 11.9. The van der Waals surface area contributed by atoms with Gasteiger partial charge in [0.25, 0.3) is 0 Å². The largest absolute Gasteiger partial charge is 0.355 e. The standard InChI is InChI=1S/C8H15N3O3S/c1-3-7(5-9)15(13,14)11-6-8(12)10-4-2/h7,11H,3-4,6H2,1-2H3,(H,10,12). The molecule has 0 aliphatic heterocycles. The highest BCUT2D eigenvalue weighted by atomic mass is 32.2. The van der Waals surface area contributed by atoms with Crippen LogP contribution in [0.5, 0.6) is 0 Å². The molecule has 0 aromatic heterocycles. The van der Waals surface area contributed by atoms with Crippen molar-refractivity contribution < 1.29 is 13.2 Å². The van der Waals surface area contributed by atoms with E-state index in [0.717, 1.165) is 0 Å². The normalized spacial score (nSPS) is 12.9. The van der Waals surface area contributed by atoms with E-state index in [1.165, 1.54) is 0 Å². The molecule has 1 unspecified atom stereocenters. The van der Waals surface area contributed by atoms with Crippen molar-refractivity contribution in [2.24, 2.45) is 0 Å². The monoisotopic (exact) mass is 233 g/mol. The van der Waals surface area contributed by atoms with Gasteiger partial charge in [-0.05, 0) is 13.3 Å². The minimum absolute atomic E-state index is 0.196. The number of rotatable bonds is 6. The smallest absolute Gasteiger partial charge is 0.235 e. The van der Waals surface area contributed by atoms with Gasteiger partial charge in [0.15, 0.2) is 5.25 Å². The lowest BCUT2D eigenvalue weighted by Gasteiger charge is -2.09. The number of hydrogen-bond acceptors (Lipinski definition) is 4. The molecule has 7 heteroatoms. The summed E-state index contributed by atoms with van der Waals surface area (Å²) in [7, 11) is -3.71. The van der Waals surface area contributed by atoms with Crippen LogP contribution in [0.25, 0.3) is 0 Å². The lowest BCUT2D eigenvalue weighted by atomic mass is 10.4. The Labute approximate surface area is 89.7 Å². The van der Waals surface area contributed by atoms with Crippen LogP contribution in [-0.4, -0.2) is 32.7 Å². The number of nitrogens with zero attached hydrogens (tertiary/aromatic N) is 1. The molecular formula is C8H15N3O3S. The van der Waals surface area contributed by atoms with Gasteiger partial charge in [-0.25, -0.2) is 13.1 Å². The van der Waals surface area contributed by atoms with Crippen molar-refractivity contribution in [3.05, 3.63) is 0 Å². The average molecular weight is 233 g/mol. The van der Waals surface area contributed by atoms with Crippen LogP contribution in [0.3, 0.4) is 0 Å². The summed E-state index contributed by atoms with van der Waals surface area (Å²) < 4.78 is 24.9. The molecule has 0 saturated carbocycles. The highest BCUT2D eigenvalue weighted by Gasteiger charge is 2.23. The number of carbonyl (C=O) groups is 1. The average Bonchev–Trinajstić information content (AvgIpc) is 2.17. The third-order valence-electron chi connectivity index (χ3n) is 1.70. The molecule has 0 heterocycles. The van der Waals surface area contributed by atoms with E-state index in [0.29, 0.717) is 6.54 Å². The highest BCUT2D eigenvalue weighted by molar-refractivity contribution is 7.90.